The summed E-state index contributed by atoms with van der Waals surface area (Å²) in [6, 6.07) is 0. The molecular weight excluding hydrogens is 86.1 g/mol. The molecule has 7 heavy (non-hydrogen) atoms. The molecule has 0 amide bonds. The zero-order valence-electron chi connectivity index (χ0n) is 4.78. The van der Waals surface area contributed by atoms with E-state index in [9.17, 15) is 0 Å². The molecule has 0 saturated carbocycles. The minimum absolute atomic E-state index is 0.694. The van der Waals surface area contributed by atoms with Crippen LogP contribution < -0.4 is 0 Å². The van der Waals surface area contributed by atoms with Crippen LogP contribution in [0.2, 0.25) is 0 Å². The van der Waals surface area contributed by atoms with Gasteiger partial charge in [-0.25, -0.2) is 0 Å². The Hall–Kier alpha value is -0.0400. The van der Waals surface area contributed by atoms with Gasteiger partial charge in [0.1, 0.15) is 0 Å². The third-order valence-corrected chi connectivity index (χ3v) is 2.33. The van der Waals surface area contributed by atoms with Gasteiger partial charge in [-0.1, -0.05) is 0 Å². The SMILES string of the molecule is CC12CCCN1C2. The van der Waals surface area contributed by atoms with Gasteiger partial charge in [-0.3, -0.25) is 4.90 Å². The predicted molar refractivity (Wildman–Crippen MR) is 29.2 cm³/mol. The third-order valence-electron chi connectivity index (χ3n) is 2.33. The van der Waals surface area contributed by atoms with Gasteiger partial charge < -0.3 is 0 Å². The third kappa shape index (κ3) is 0.367. The number of rotatable bonds is 0. The molecule has 2 unspecified atom stereocenters. The highest BCUT2D eigenvalue weighted by atomic mass is 15.4. The molecule has 0 bridgehead atoms. The molecule has 2 heterocycles. The van der Waals surface area contributed by atoms with Crippen molar-refractivity contribution < 1.29 is 0 Å². The van der Waals surface area contributed by atoms with Crippen molar-refractivity contribution in [2.24, 2.45) is 0 Å². The van der Waals surface area contributed by atoms with Gasteiger partial charge in [0, 0.05) is 12.1 Å². The largest absolute Gasteiger partial charge is 0.295 e. The fourth-order valence-corrected chi connectivity index (χ4v) is 1.61. The van der Waals surface area contributed by atoms with Crippen molar-refractivity contribution in [1.82, 2.24) is 4.90 Å². The minimum Gasteiger partial charge on any atom is -0.295 e. The highest BCUT2D eigenvalue weighted by molar-refractivity contribution is 5.07. The smallest absolute Gasteiger partial charge is 0.0309 e. The second-order valence-electron chi connectivity index (χ2n) is 3.02. The maximum Gasteiger partial charge on any atom is 0.0309 e. The number of piperidine rings is 1. The summed E-state index contributed by atoms with van der Waals surface area (Å²) in [5.41, 5.74) is 0.694. The van der Waals surface area contributed by atoms with Crippen molar-refractivity contribution in [1.29, 1.82) is 0 Å². The Kier molecular flexibility index (Phi) is 0.487. The number of fused-ring (bicyclic) bond motifs is 1. The lowest BCUT2D eigenvalue weighted by molar-refractivity contribution is 0.526. The lowest BCUT2D eigenvalue weighted by Crippen LogP contribution is -2.02. The molecular formula is C6H11N. The van der Waals surface area contributed by atoms with E-state index in [0.29, 0.717) is 5.54 Å². The molecule has 2 atom stereocenters. The van der Waals surface area contributed by atoms with Gasteiger partial charge >= 0.3 is 0 Å². The maximum atomic E-state index is 2.55. The van der Waals surface area contributed by atoms with Crippen LogP contribution in [0.4, 0.5) is 0 Å². The average Bonchev–Trinajstić information content (AvgIpc) is 2.09. The Bertz CT molecular complexity index is 98.4. The minimum atomic E-state index is 0.694. The van der Waals surface area contributed by atoms with Crippen LogP contribution in [-0.2, 0) is 0 Å². The van der Waals surface area contributed by atoms with Crippen LogP contribution >= 0.6 is 0 Å². The quantitative estimate of drug-likeness (QED) is 0.405. The van der Waals surface area contributed by atoms with E-state index in [2.05, 4.69) is 11.8 Å². The van der Waals surface area contributed by atoms with E-state index in [1.54, 1.807) is 0 Å². The van der Waals surface area contributed by atoms with Gasteiger partial charge in [-0.2, -0.15) is 0 Å². The van der Waals surface area contributed by atoms with Crippen LogP contribution in [-0.4, -0.2) is 23.5 Å². The summed E-state index contributed by atoms with van der Waals surface area (Å²) in [6.07, 6.45) is 2.89. The van der Waals surface area contributed by atoms with Crippen molar-refractivity contribution in [3.63, 3.8) is 0 Å². The van der Waals surface area contributed by atoms with Crippen molar-refractivity contribution in [2.45, 2.75) is 25.3 Å². The fraction of sp³-hybridized carbons (Fsp3) is 1.00. The first-order valence-corrected chi connectivity index (χ1v) is 3.06. The molecule has 0 aromatic rings. The summed E-state index contributed by atoms with van der Waals surface area (Å²) in [5.74, 6) is 0. The van der Waals surface area contributed by atoms with Gasteiger partial charge in [0.2, 0.25) is 0 Å². The molecule has 0 aliphatic carbocycles. The standard InChI is InChI=1S/C6H11N/c1-6-3-2-4-7(6)5-6/h2-5H2,1H3. The molecule has 40 valence electrons. The molecule has 0 aromatic carbocycles. The summed E-state index contributed by atoms with van der Waals surface area (Å²) < 4.78 is 0. The van der Waals surface area contributed by atoms with Gasteiger partial charge in [0.05, 0.1) is 0 Å². The predicted octanol–water partition coefficient (Wildman–Crippen LogP) is 0.855. The van der Waals surface area contributed by atoms with Crippen LogP contribution in [0.1, 0.15) is 19.8 Å². The zero-order chi connectivity index (χ0) is 4.91. The summed E-state index contributed by atoms with van der Waals surface area (Å²) >= 11 is 0. The van der Waals surface area contributed by atoms with Crippen molar-refractivity contribution in [3.8, 4) is 0 Å². The molecule has 0 aromatic heterocycles. The molecule has 2 saturated heterocycles. The molecule has 0 N–H and O–H groups in total. The van der Waals surface area contributed by atoms with Crippen molar-refractivity contribution in [3.05, 3.63) is 0 Å². The van der Waals surface area contributed by atoms with Crippen molar-refractivity contribution >= 4 is 0 Å². The monoisotopic (exact) mass is 97.1 g/mol. The Morgan fingerprint density at radius 2 is 2.43 bits per heavy atom. The van der Waals surface area contributed by atoms with Crippen LogP contribution in [0.3, 0.4) is 0 Å². The average molecular weight is 97.2 g/mol. The molecule has 2 rings (SSSR count). The molecule has 2 fully saturated rings. The molecule has 1 nitrogen and oxygen atoms in total. The maximum absolute atomic E-state index is 2.55. The van der Waals surface area contributed by atoms with Crippen LogP contribution in [0.5, 0.6) is 0 Å². The molecule has 2 aliphatic heterocycles. The van der Waals surface area contributed by atoms with Gasteiger partial charge in [0.15, 0.2) is 0 Å². The molecule has 2 aliphatic rings. The van der Waals surface area contributed by atoms with E-state index in [1.807, 2.05) is 0 Å². The summed E-state index contributed by atoms with van der Waals surface area (Å²) in [4.78, 5) is 2.55. The Labute approximate surface area is 44.3 Å². The molecule has 1 heteroatoms. The number of hydrogen-bond donors (Lipinski definition) is 0. The summed E-state index contributed by atoms with van der Waals surface area (Å²) in [6.45, 7) is 5.11. The van der Waals surface area contributed by atoms with Gasteiger partial charge in [0.25, 0.3) is 0 Å². The highest BCUT2D eigenvalue weighted by Gasteiger charge is 2.50. The lowest BCUT2D eigenvalue weighted by atomic mass is 10.1. The second kappa shape index (κ2) is 0.873. The van der Waals surface area contributed by atoms with E-state index >= 15 is 0 Å². The molecule has 0 spiro atoms. The van der Waals surface area contributed by atoms with E-state index in [1.165, 1.54) is 25.9 Å². The van der Waals surface area contributed by atoms with E-state index in [0.717, 1.165) is 0 Å². The normalized spacial score (nSPS) is 57.0. The lowest BCUT2D eigenvalue weighted by Gasteiger charge is -1.94. The first kappa shape index (κ1) is 3.90. The zero-order valence-corrected chi connectivity index (χ0v) is 4.78. The second-order valence-corrected chi connectivity index (χ2v) is 3.02. The fourth-order valence-electron chi connectivity index (χ4n) is 1.61. The first-order valence-electron chi connectivity index (χ1n) is 3.06. The van der Waals surface area contributed by atoms with E-state index < -0.39 is 0 Å². The summed E-state index contributed by atoms with van der Waals surface area (Å²) in [5, 5.41) is 0. The van der Waals surface area contributed by atoms with Crippen LogP contribution in [0.25, 0.3) is 0 Å². The van der Waals surface area contributed by atoms with Crippen molar-refractivity contribution in [2.75, 3.05) is 13.1 Å². The summed E-state index contributed by atoms with van der Waals surface area (Å²) in [7, 11) is 0. The number of hydrogen-bond acceptors (Lipinski definition) is 1. The van der Waals surface area contributed by atoms with Crippen LogP contribution in [0, 0.1) is 0 Å². The first-order chi connectivity index (χ1) is 3.31. The molecule has 0 radical (unpaired) electrons. The highest BCUT2D eigenvalue weighted by Crippen LogP contribution is 2.41. The van der Waals surface area contributed by atoms with Gasteiger partial charge in [-0.15, -0.1) is 0 Å². The van der Waals surface area contributed by atoms with Gasteiger partial charge in [-0.05, 0) is 26.3 Å². The number of nitrogens with zero attached hydrogens (tertiary/aromatic N) is 1. The van der Waals surface area contributed by atoms with Crippen LogP contribution in [0.15, 0.2) is 0 Å². The van der Waals surface area contributed by atoms with E-state index in [-0.39, 0.29) is 0 Å². The topological polar surface area (TPSA) is 3.01 Å². The Morgan fingerprint density at radius 1 is 1.57 bits per heavy atom. The van der Waals surface area contributed by atoms with E-state index in [4.69, 9.17) is 0 Å². The Morgan fingerprint density at radius 3 is 2.57 bits per heavy atom. The Balaban J connectivity index is 2.17.